The Hall–Kier alpha value is -1.51. The second-order valence-electron chi connectivity index (χ2n) is 4.98. The third-order valence-corrected chi connectivity index (χ3v) is 2.49. The maximum absolute atomic E-state index is 10.8. The zero-order chi connectivity index (χ0) is 12.2. The van der Waals surface area contributed by atoms with Gasteiger partial charge in [0.1, 0.15) is 6.10 Å². The molecule has 0 heterocycles. The lowest BCUT2D eigenvalue weighted by Crippen LogP contribution is -2.35. The van der Waals surface area contributed by atoms with E-state index in [0.29, 0.717) is 6.42 Å². The number of ether oxygens (including phenoxy) is 1. The highest BCUT2D eigenvalue weighted by Crippen LogP contribution is 2.25. The Morgan fingerprint density at radius 3 is 2.31 bits per heavy atom. The molecule has 1 unspecified atom stereocenters. The summed E-state index contributed by atoms with van der Waals surface area (Å²) in [5.74, 6) is 0. The van der Waals surface area contributed by atoms with E-state index in [-0.39, 0.29) is 11.5 Å². The molecule has 88 valence electrons. The minimum atomic E-state index is -0.712. The van der Waals surface area contributed by atoms with Crippen molar-refractivity contribution < 1.29 is 9.53 Å². The number of hydrogen-bond acceptors (Lipinski definition) is 2. The first-order valence-electron chi connectivity index (χ1n) is 5.39. The van der Waals surface area contributed by atoms with Crippen LogP contribution < -0.4 is 5.73 Å². The van der Waals surface area contributed by atoms with Crippen molar-refractivity contribution in [2.24, 2.45) is 11.1 Å². The van der Waals surface area contributed by atoms with Crippen LogP contribution in [-0.4, -0.2) is 12.2 Å². The molecule has 0 aliphatic heterocycles. The fourth-order valence-corrected chi connectivity index (χ4v) is 1.49. The van der Waals surface area contributed by atoms with E-state index >= 15 is 0 Å². The largest absolute Gasteiger partial charge is 0.445 e. The van der Waals surface area contributed by atoms with Gasteiger partial charge in [0.15, 0.2) is 0 Å². The highest BCUT2D eigenvalue weighted by Gasteiger charge is 2.27. The normalized spacial score (nSPS) is 13.2. The molecule has 0 aliphatic rings. The topological polar surface area (TPSA) is 52.3 Å². The molecular weight excluding hydrogens is 202 g/mol. The fourth-order valence-electron chi connectivity index (χ4n) is 1.49. The third kappa shape index (κ3) is 3.93. The van der Waals surface area contributed by atoms with Crippen molar-refractivity contribution in [3.05, 3.63) is 35.9 Å². The number of hydrogen-bond donors (Lipinski definition) is 1. The average molecular weight is 221 g/mol. The summed E-state index contributed by atoms with van der Waals surface area (Å²) >= 11 is 0. The van der Waals surface area contributed by atoms with E-state index in [1.165, 1.54) is 0 Å². The molecule has 0 bridgehead atoms. The van der Waals surface area contributed by atoms with Gasteiger partial charge < -0.3 is 10.5 Å². The van der Waals surface area contributed by atoms with Crippen LogP contribution in [0.15, 0.2) is 30.3 Å². The van der Waals surface area contributed by atoms with Gasteiger partial charge in [-0.3, -0.25) is 0 Å². The van der Waals surface area contributed by atoms with E-state index in [1.807, 2.05) is 51.1 Å². The summed E-state index contributed by atoms with van der Waals surface area (Å²) in [6.07, 6.45) is -0.226. The first-order valence-corrected chi connectivity index (χ1v) is 5.39. The van der Waals surface area contributed by atoms with E-state index in [0.717, 1.165) is 5.56 Å². The van der Waals surface area contributed by atoms with E-state index in [2.05, 4.69) is 0 Å². The fraction of sp³-hybridized carbons (Fsp3) is 0.462. The maximum Gasteiger partial charge on any atom is 0.404 e. The number of carbonyl (C=O) groups excluding carboxylic acids is 1. The van der Waals surface area contributed by atoms with Crippen LogP contribution in [0.3, 0.4) is 0 Å². The van der Waals surface area contributed by atoms with Crippen LogP contribution in [0.5, 0.6) is 0 Å². The Bertz CT molecular complexity index is 341. The van der Waals surface area contributed by atoms with Crippen LogP contribution in [0.2, 0.25) is 0 Å². The summed E-state index contributed by atoms with van der Waals surface area (Å²) in [4.78, 5) is 10.8. The standard InChI is InChI=1S/C13H19NO2/c1-13(2,3)11(16-12(14)15)9-10-7-5-4-6-8-10/h4-8,11H,9H2,1-3H3,(H2,14,15). The van der Waals surface area contributed by atoms with E-state index < -0.39 is 6.09 Å². The molecule has 0 saturated heterocycles. The Kier molecular flexibility index (Phi) is 3.93. The quantitative estimate of drug-likeness (QED) is 0.853. The van der Waals surface area contributed by atoms with Crippen molar-refractivity contribution in [3.8, 4) is 0 Å². The van der Waals surface area contributed by atoms with Gasteiger partial charge in [-0.25, -0.2) is 4.79 Å². The molecule has 0 fully saturated rings. The van der Waals surface area contributed by atoms with Crippen molar-refractivity contribution in [2.45, 2.75) is 33.3 Å². The highest BCUT2D eigenvalue weighted by atomic mass is 16.6. The van der Waals surface area contributed by atoms with Crippen molar-refractivity contribution >= 4 is 6.09 Å². The van der Waals surface area contributed by atoms with Crippen molar-refractivity contribution in [2.75, 3.05) is 0 Å². The SMILES string of the molecule is CC(C)(C)C(Cc1ccccc1)OC(N)=O. The molecule has 1 amide bonds. The molecule has 3 nitrogen and oxygen atoms in total. The molecule has 3 heteroatoms. The van der Waals surface area contributed by atoms with E-state index in [1.54, 1.807) is 0 Å². The van der Waals surface area contributed by atoms with Crippen LogP contribution in [-0.2, 0) is 11.2 Å². The zero-order valence-corrected chi connectivity index (χ0v) is 10.1. The predicted octanol–water partition coefficient (Wildman–Crippen LogP) is 2.74. The van der Waals surface area contributed by atoms with Gasteiger partial charge in [-0.15, -0.1) is 0 Å². The first kappa shape index (κ1) is 12.6. The van der Waals surface area contributed by atoms with Crippen molar-refractivity contribution in [1.82, 2.24) is 0 Å². The number of carbonyl (C=O) groups is 1. The van der Waals surface area contributed by atoms with Crippen molar-refractivity contribution in [1.29, 1.82) is 0 Å². The van der Waals surface area contributed by atoms with Crippen LogP contribution in [0.25, 0.3) is 0 Å². The van der Waals surface area contributed by atoms with E-state index in [9.17, 15) is 4.79 Å². The Labute approximate surface area is 96.6 Å². The number of benzene rings is 1. The molecule has 16 heavy (non-hydrogen) atoms. The zero-order valence-electron chi connectivity index (χ0n) is 10.1. The predicted molar refractivity (Wildman–Crippen MR) is 64.1 cm³/mol. The number of primary amides is 1. The van der Waals surface area contributed by atoms with Gasteiger partial charge in [0.25, 0.3) is 0 Å². The Balaban J connectivity index is 2.75. The Morgan fingerprint density at radius 2 is 1.88 bits per heavy atom. The van der Waals surface area contributed by atoms with Gasteiger partial charge in [0.2, 0.25) is 0 Å². The third-order valence-electron chi connectivity index (χ3n) is 2.49. The van der Waals surface area contributed by atoms with Crippen LogP contribution in [0, 0.1) is 5.41 Å². The molecule has 1 rings (SSSR count). The summed E-state index contributed by atoms with van der Waals surface area (Å²) < 4.78 is 5.16. The molecule has 1 aromatic rings. The molecule has 0 aliphatic carbocycles. The molecule has 2 N–H and O–H groups in total. The minimum Gasteiger partial charge on any atom is -0.445 e. The average Bonchev–Trinajstić information content (AvgIpc) is 2.16. The minimum absolute atomic E-state index is 0.120. The lowest BCUT2D eigenvalue weighted by molar-refractivity contribution is 0.0374. The van der Waals surface area contributed by atoms with Crippen LogP contribution >= 0.6 is 0 Å². The molecule has 1 atom stereocenters. The number of amides is 1. The van der Waals surface area contributed by atoms with Gasteiger partial charge in [-0.2, -0.15) is 0 Å². The Morgan fingerprint density at radius 1 is 1.31 bits per heavy atom. The summed E-state index contributed by atoms with van der Waals surface area (Å²) in [6, 6.07) is 9.94. The summed E-state index contributed by atoms with van der Waals surface area (Å²) in [5.41, 5.74) is 6.10. The summed E-state index contributed by atoms with van der Waals surface area (Å²) in [6.45, 7) is 6.09. The number of rotatable bonds is 3. The highest BCUT2D eigenvalue weighted by molar-refractivity contribution is 5.64. The first-order chi connectivity index (χ1) is 7.39. The summed E-state index contributed by atoms with van der Waals surface area (Å²) in [5, 5.41) is 0. The van der Waals surface area contributed by atoms with Gasteiger partial charge in [-0.1, -0.05) is 51.1 Å². The monoisotopic (exact) mass is 221 g/mol. The number of nitrogens with two attached hydrogens (primary N) is 1. The van der Waals surface area contributed by atoms with Crippen LogP contribution in [0.4, 0.5) is 4.79 Å². The van der Waals surface area contributed by atoms with Gasteiger partial charge in [-0.05, 0) is 11.0 Å². The van der Waals surface area contributed by atoms with Crippen molar-refractivity contribution in [3.63, 3.8) is 0 Å². The smallest absolute Gasteiger partial charge is 0.404 e. The molecule has 0 aromatic heterocycles. The van der Waals surface area contributed by atoms with Gasteiger partial charge in [0.05, 0.1) is 0 Å². The second kappa shape index (κ2) is 5.01. The maximum atomic E-state index is 10.8. The summed E-state index contributed by atoms with van der Waals surface area (Å²) in [7, 11) is 0. The lowest BCUT2D eigenvalue weighted by atomic mass is 9.85. The second-order valence-corrected chi connectivity index (χ2v) is 4.98. The van der Waals surface area contributed by atoms with Gasteiger partial charge >= 0.3 is 6.09 Å². The lowest BCUT2D eigenvalue weighted by Gasteiger charge is -2.29. The molecule has 0 saturated carbocycles. The van der Waals surface area contributed by atoms with Crippen LogP contribution in [0.1, 0.15) is 26.3 Å². The van der Waals surface area contributed by atoms with E-state index in [4.69, 9.17) is 10.5 Å². The molecule has 1 aromatic carbocycles. The molecular formula is C13H19NO2. The van der Waals surface area contributed by atoms with Gasteiger partial charge in [0, 0.05) is 6.42 Å². The molecule has 0 radical (unpaired) electrons. The molecule has 0 spiro atoms.